The second kappa shape index (κ2) is 7.53. The van der Waals surface area contributed by atoms with Crippen LogP contribution in [0.5, 0.6) is 0 Å². The number of hydrogen-bond donors (Lipinski definition) is 1. The van der Waals surface area contributed by atoms with E-state index in [1.54, 1.807) is 10.9 Å². The SMILES string of the molecule is CC(=O)OCC(CCn1cnc2cnc(N)nc21)COS(C)(=O)=O. The summed E-state index contributed by atoms with van der Waals surface area (Å²) in [6, 6.07) is 0. The summed E-state index contributed by atoms with van der Waals surface area (Å²) in [5.41, 5.74) is 6.76. The number of nitrogen functional groups attached to an aromatic ring is 1. The summed E-state index contributed by atoms with van der Waals surface area (Å²) >= 11 is 0. The fraction of sp³-hybridized carbons (Fsp3) is 0.538. The molecule has 0 saturated carbocycles. The molecule has 2 heterocycles. The maximum atomic E-state index is 11.1. The molecule has 24 heavy (non-hydrogen) atoms. The monoisotopic (exact) mass is 357 g/mol. The Labute approximate surface area is 139 Å². The summed E-state index contributed by atoms with van der Waals surface area (Å²) in [6.45, 7) is 1.76. The van der Waals surface area contributed by atoms with Crippen LogP contribution in [0, 0.1) is 5.92 Å². The largest absolute Gasteiger partial charge is 0.465 e. The Morgan fingerprint density at radius 3 is 2.79 bits per heavy atom. The second-order valence-corrected chi connectivity index (χ2v) is 6.96. The van der Waals surface area contributed by atoms with E-state index in [0.717, 1.165) is 6.26 Å². The number of imidazole rings is 1. The molecule has 2 aromatic rings. The molecule has 0 aliphatic rings. The van der Waals surface area contributed by atoms with Crippen LogP contribution in [0.15, 0.2) is 12.5 Å². The van der Waals surface area contributed by atoms with Crippen molar-refractivity contribution in [2.75, 3.05) is 25.2 Å². The first-order valence-corrected chi connectivity index (χ1v) is 8.97. The number of rotatable bonds is 8. The first kappa shape index (κ1) is 18.1. The van der Waals surface area contributed by atoms with Gasteiger partial charge in [-0.15, -0.1) is 0 Å². The second-order valence-electron chi connectivity index (χ2n) is 5.32. The van der Waals surface area contributed by atoms with Gasteiger partial charge in [-0.3, -0.25) is 8.98 Å². The Morgan fingerprint density at radius 2 is 2.12 bits per heavy atom. The summed E-state index contributed by atoms with van der Waals surface area (Å²) in [5, 5.41) is 0. The van der Waals surface area contributed by atoms with E-state index in [1.807, 2.05) is 0 Å². The molecular formula is C13H19N5O5S. The lowest BCUT2D eigenvalue weighted by molar-refractivity contribution is -0.142. The minimum atomic E-state index is -3.57. The molecular weight excluding hydrogens is 338 g/mol. The Bertz CT molecular complexity index is 819. The fourth-order valence-corrected chi connectivity index (χ4v) is 2.46. The van der Waals surface area contributed by atoms with E-state index in [1.165, 1.54) is 13.1 Å². The topological polar surface area (TPSA) is 139 Å². The lowest BCUT2D eigenvalue weighted by Gasteiger charge is -2.16. The van der Waals surface area contributed by atoms with Gasteiger partial charge in [-0.25, -0.2) is 9.97 Å². The van der Waals surface area contributed by atoms with E-state index in [-0.39, 0.29) is 25.1 Å². The highest BCUT2D eigenvalue weighted by Gasteiger charge is 2.16. The number of ether oxygens (including phenoxy) is 1. The van der Waals surface area contributed by atoms with Crippen molar-refractivity contribution in [2.45, 2.75) is 19.9 Å². The van der Waals surface area contributed by atoms with E-state index in [0.29, 0.717) is 24.1 Å². The van der Waals surface area contributed by atoms with Crippen molar-refractivity contribution in [2.24, 2.45) is 5.92 Å². The molecule has 1 unspecified atom stereocenters. The maximum absolute atomic E-state index is 11.1. The molecule has 2 N–H and O–H groups in total. The lowest BCUT2D eigenvalue weighted by atomic mass is 10.1. The van der Waals surface area contributed by atoms with Crippen molar-refractivity contribution in [1.82, 2.24) is 19.5 Å². The number of aryl methyl sites for hydroxylation is 1. The van der Waals surface area contributed by atoms with E-state index in [2.05, 4.69) is 15.0 Å². The van der Waals surface area contributed by atoms with Crippen LogP contribution in [0.25, 0.3) is 11.2 Å². The highest BCUT2D eigenvalue weighted by molar-refractivity contribution is 7.85. The van der Waals surface area contributed by atoms with Gasteiger partial charge in [0.25, 0.3) is 10.1 Å². The van der Waals surface area contributed by atoms with Gasteiger partial charge < -0.3 is 15.0 Å². The molecule has 1 atom stereocenters. The molecule has 132 valence electrons. The Balaban J connectivity index is 2.04. The molecule has 0 radical (unpaired) electrons. The van der Waals surface area contributed by atoms with Gasteiger partial charge in [0.15, 0.2) is 5.65 Å². The molecule has 2 aromatic heterocycles. The van der Waals surface area contributed by atoms with Gasteiger partial charge in [0.1, 0.15) is 5.52 Å². The van der Waals surface area contributed by atoms with E-state index >= 15 is 0 Å². The molecule has 0 aromatic carbocycles. The fourth-order valence-electron chi connectivity index (χ4n) is 2.02. The van der Waals surface area contributed by atoms with Crippen molar-refractivity contribution in [3.8, 4) is 0 Å². The Kier molecular flexibility index (Phi) is 5.67. The highest BCUT2D eigenvalue weighted by atomic mass is 32.2. The number of carbonyl (C=O) groups excluding carboxylic acids is 1. The summed E-state index contributed by atoms with van der Waals surface area (Å²) in [7, 11) is -3.57. The average Bonchev–Trinajstić information content (AvgIpc) is 2.87. The van der Waals surface area contributed by atoms with E-state index < -0.39 is 16.1 Å². The van der Waals surface area contributed by atoms with Crippen LogP contribution in [0.4, 0.5) is 5.95 Å². The van der Waals surface area contributed by atoms with Gasteiger partial charge in [0.2, 0.25) is 5.95 Å². The third-order valence-corrected chi connectivity index (χ3v) is 3.76. The number of nitrogens with two attached hydrogens (primary N) is 1. The Morgan fingerprint density at radius 1 is 1.38 bits per heavy atom. The van der Waals surface area contributed by atoms with Crippen LogP contribution in [-0.2, 0) is 30.4 Å². The number of esters is 1. The molecule has 0 bridgehead atoms. The van der Waals surface area contributed by atoms with Gasteiger partial charge in [-0.2, -0.15) is 13.4 Å². The number of nitrogens with zero attached hydrogens (tertiary/aromatic N) is 4. The van der Waals surface area contributed by atoms with Crippen LogP contribution in [-0.4, -0.2) is 53.4 Å². The average molecular weight is 357 g/mol. The van der Waals surface area contributed by atoms with Crippen LogP contribution >= 0.6 is 0 Å². The molecule has 11 heteroatoms. The summed E-state index contributed by atoms with van der Waals surface area (Å²) in [5.74, 6) is -0.589. The minimum absolute atomic E-state index is 0.0641. The van der Waals surface area contributed by atoms with Crippen molar-refractivity contribution < 1.29 is 22.1 Å². The molecule has 0 saturated heterocycles. The van der Waals surface area contributed by atoms with Gasteiger partial charge in [0, 0.05) is 19.4 Å². The number of hydrogen-bond acceptors (Lipinski definition) is 9. The molecule has 0 amide bonds. The number of fused-ring (bicyclic) bond motifs is 1. The van der Waals surface area contributed by atoms with Crippen molar-refractivity contribution in [3.05, 3.63) is 12.5 Å². The molecule has 2 rings (SSSR count). The van der Waals surface area contributed by atoms with Gasteiger partial charge in [0.05, 0.1) is 32.0 Å². The van der Waals surface area contributed by atoms with Crippen LogP contribution < -0.4 is 5.73 Å². The first-order valence-electron chi connectivity index (χ1n) is 7.15. The zero-order valence-electron chi connectivity index (χ0n) is 13.4. The smallest absolute Gasteiger partial charge is 0.302 e. The van der Waals surface area contributed by atoms with Crippen molar-refractivity contribution >= 4 is 33.2 Å². The third kappa shape index (κ3) is 5.42. The number of carbonyl (C=O) groups is 1. The Hall–Kier alpha value is -2.27. The lowest BCUT2D eigenvalue weighted by Crippen LogP contribution is -2.21. The molecule has 0 aliphatic heterocycles. The van der Waals surface area contributed by atoms with Crippen molar-refractivity contribution in [1.29, 1.82) is 0 Å². The molecule has 0 spiro atoms. The highest BCUT2D eigenvalue weighted by Crippen LogP contribution is 2.14. The van der Waals surface area contributed by atoms with E-state index in [9.17, 15) is 13.2 Å². The van der Waals surface area contributed by atoms with Crippen molar-refractivity contribution in [3.63, 3.8) is 0 Å². The predicted molar refractivity (Wildman–Crippen MR) is 85.3 cm³/mol. The van der Waals surface area contributed by atoms with Gasteiger partial charge in [-0.1, -0.05) is 0 Å². The maximum Gasteiger partial charge on any atom is 0.302 e. The summed E-state index contributed by atoms with van der Waals surface area (Å²) in [4.78, 5) is 23.1. The third-order valence-electron chi connectivity index (χ3n) is 3.20. The number of anilines is 1. The standard InChI is InChI=1S/C13H19N5O5S/c1-9(19)22-6-10(7-23-24(2,20)21)3-4-18-8-16-11-5-15-13(14)17-12(11)18/h5,8,10H,3-4,6-7H2,1-2H3,(H2,14,15,17). The zero-order valence-corrected chi connectivity index (χ0v) is 14.2. The molecule has 0 aliphatic carbocycles. The number of aromatic nitrogens is 4. The summed E-state index contributed by atoms with van der Waals surface area (Å²) in [6.07, 6.45) is 4.59. The summed E-state index contributed by atoms with van der Waals surface area (Å²) < 4.78 is 33.8. The van der Waals surface area contributed by atoms with Gasteiger partial charge >= 0.3 is 5.97 Å². The van der Waals surface area contributed by atoms with E-state index in [4.69, 9.17) is 14.7 Å². The van der Waals surface area contributed by atoms with Crippen LogP contribution in [0.1, 0.15) is 13.3 Å². The van der Waals surface area contributed by atoms with Crippen LogP contribution in [0.2, 0.25) is 0 Å². The molecule has 10 nitrogen and oxygen atoms in total. The van der Waals surface area contributed by atoms with Crippen LogP contribution in [0.3, 0.4) is 0 Å². The normalized spacial score (nSPS) is 13.1. The van der Waals surface area contributed by atoms with Gasteiger partial charge in [-0.05, 0) is 6.42 Å². The quantitative estimate of drug-likeness (QED) is 0.509. The molecule has 0 fully saturated rings. The predicted octanol–water partition coefficient (Wildman–Crippen LogP) is -0.0459. The first-order chi connectivity index (χ1) is 11.2. The zero-order chi connectivity index (χ0) is 17.7. The minimum Gasteiger partial charge on any atom is -0.465 e.